The molecule has 1 heterocycles. The molecule has 9 heteroatoms. The summed E-state index contributed by atoms with van der Waals surface area (Å²) in [6.45, 7) is 3.97. The molecule has 29 heavy (non-hydrogen) atoms. The predicted octanol–water partition coefficient (Wildman–Crippen LogP) is 3.28. The fourth-order valence-electron chi connectivity index (χ4n) is 3.98. The predicted molar refractivity (Wildman–Crippen MR) is 110 cm³/mol. The molecule has 0 fully saturated rings. The van der Waals surface area contributed by atoms with Crippen LogP contribution in [0.3, 0.4) is 0 Å². The average Bonchev–Trinajstić information content (AvgIpc) is 2.74. The van der Waals surface area contributed by atoms with Crippen LogP contribution in [0.4, 0.5) is 0 Å². The fourth-order valence-corrected chi connectivity index (χ4v) is 6.48. The van der Waals surface area contributed by atoms with E-state index in [4.69, 9.17) is 4.55 Å². The summed E-state index contributed by atoms with van der Waals surface area (Å²) in [5.41, 5.74) is 0.797. The molecule has 1 aliphatic rings. The lowest BCUT2D eigenvalue weighted by Gasteiger charge is -2.35. The van der Waals surface area contributed by atoms with Crippen molar-refractivity contribution in [3.63, 3.8) is 0 Å². The van der Waals surface area contributed by atoms with Crippen molar-refractivity contribution in [1.82, 2.24) is 5.32 Å². The zero-order valence-corrected chi connectivity index (χ0v) is 18.0. The molecule has 2 N–H and O–H groups in total. The highest BCUT2D eigenvalue weighted by Crippen LogP contribution is 2.39. The SMILES string of the molecule is CCCC1(CC)CS(=O)(=O)c2cc(OS(=O)(=O)O)ccc2C(c2ccccc2)N1. The van der Waals surface area contributed by atoms with Crippen molar-refractivity contribution >= 4 is 20.2 Å². The Morgan fingerprint density at radius 1 is 1.17 bits per heavy atom. The van der Waals surface area contributed by atoms with Crippen molar-refractivity contribution in [3.8, 4) is 5.75 Å². The number of sulfone groups is 1. The molecule has 158 valence electrons. The maximum atomic E-state index is 13.3. The van der Waals surface area contributed by atoms with Crippen LogP contribution in [0.25, 0.3) is 0 Å². The summed E-state index contributed by atoms with van der Waals surface area (Å²) in [6, 6.07) is 13.2. The number of hydrogen-bond donors (Lipinski definition) is 2. The lowest BCUT2D eigenvalue weighted by Crippen LogP contribution is -2.50. The molecule has 2 unspecified atom stereocenters. The second-order valence-electron chi connectivity index (χ2n) is 7.34. The largest absolute Gasteiger partial charge is 0.446 e. The van der Waals surface area contributed by atoms with Gasteiger partial charge in [0.05, 0.1) is 16.7 Å². The van der Waals surface area contributed by atoms with Crippen LogP contribution in [-0.2, 0) is 20.2 Å². The maximum absolute atomic E-state index is 13.3. The molecular weight excluding hydrogens is 414 g/mol. The van der Waals surface area contributed by atoms with Crippen molar-refractivity contribution in [2.75, 3.05) is 5.75 Å². The standard InChI is InChI=1S/C20H25NO6S2/c1-3-12-20(4-2)14-28(22,23)18-13-16(27-29(24,25)26)10-11-17(18)19(21-20)15-8-6-5-7-9-15/h5-11,13,19,21H,3-4,12,14H2,1-2H3,(H,24,25,26). The van der Waals surface area contributed by atoms with Gasteiger partial charge >= 0.3 is 10.4 Å². The van der Waals surface area contributed by atoms with Crippen LogP contribution < -0.4 is 9.50 Å². The van der Waals surface area contributed by atoms with Crippen molar-refractivity contribution in [2.24, 2.45) is 0 Å². The van der Waals surface area contributed by atoms with Gasteiger partial charge in [-0.2, -0.15) is 8.42 Å². The van der Waals surface area contributed by atoms with E-state index in [1.54, 1.807) is 0 Å². The highest BCUT2D eigenvalue weighted by atomic mass is 32.3. The van der Waals surface area contributed by atoms with Crippen molar-refractivity contribution in [1.29, 1.82) is 0 Å². The minimum Gasteiger partial charge on any atom is -0.362 e. The molecule has 0 radical (unpaired) electrons. The molecule has 2 aromatic carbocycles. The Bertz CT molecular complexity index is 1080. The molecule has 0 bridgehead atoms. The van der Waals surface area contributed by atoms with Crippen LogP contribution in [0.2, 0.25) is 0 Å². The molecule has 2 aromatic rings. The lowest BCUT2D eigenvalue weighted by atomic mass is 9.88. The van der Waals surface area contributed by atoms with Crippen LogP contribution in [0.5, 0.6) is 5.75 Å². The normalized spacial score (nSPS) is 23.8. The monoisotopic (exact) mass is 439 g/mol. The van der Waals surface area contributed by atoms with Gasteiger partial charge in [-0.05, 0) is 30.0 Å². The first-order chi connectivity index (χ1) is 13.6. The third-order valence-corrected chi connectivity index (χ3v) is 7.65. The van der Waals surface area contributed by atoms with Gasteiger partial charge in [0.15, 0.2) is 9.84 Å². The van der Waals surface area contributed by atoms with Crippen LogP contribution in [-0.4, -0.2) is 32.7 Å². The molecule has 0 aromatic heterocycles. The highest BCUT2D eigenvalue weighted by Gasteiger charge is 2.41. The van der Waals surface area contributed by atoms with Gasteiger partial charge in [-0.1, -0.05) is 56.7 Å². The summed E-state index contributed by atoms with van der Waals surface area (Å²) < 4.78 is 62.3. The summed E-state index contributed by atoms with van der Waals surface area (Å²) in [7, 11) is -8.52. The van der Waals surface area contributed by atoms with Crippen molar-refractivity contribution < 1.29 is 25.6 Å². The van der Waals surface area contributed by atoms with Crippen LogP contribution in [0.1, 0.15) is 50.3 Å². The first-order valence-corrected chi connectivity index (χ1v) is 12.5. The summed E-state index contributed by atoms with van der Waals surface area (Å²) >= 11 is 0. The Morgan fingerprint density at radius 3 is 2.45 bits per heavy atom. The fraction of sp³-hybridized carbons (Fsp3) is 0.400. The van der Waals surface area contributed by atoms with E-state index in [2.05, 4.69) is 9.50 Å². The van der Waals surface area contributed by atoms with Gasteiger partial charge in [0.2, 0.25) is 0 Å². The van der Waals surface area contributed by atoms with Gasteiger partial charge in [-0.15, -0.1) is 0 Å². The molecule has 1 aliphatic heterocycles. The Balaban J connectivity index is 2.23. The van der Waals surface area contributed by atoms with Crippen molar-refractivity contribution in [2.45, 2.75) is 49.6 Å². The summed E-state index contributed by atoms with van der Waals surface area (Å²) in [6.07, 6.45) is 2.10. The van der Waals surface area contributed by atoms with Gasteiger partial charge in [0.1, 0.15) is 5.75 Å². The summed E-state index contributed by atoms with van der Waals surface area (Å²) in [5, 5.41) is 3.59. The van der Waals surface area contributed by atoms with Gasteiger partial charge in [-0.3, -0.25) is 9.87 Å². The van der Waals surface area contributed by atoms with Gasteiger partial charge in [-0.25, -0.2) is 8.42 Å². The molecule has 3 rings (SSSR count). The molecule has 0 saturated heterocycles. The lowest BCUT2D eigenvalue weighted by molar-refractivity contribution is 0.300. The summed E-state index contributed by atoms with van der Waals surface area (Å²) in [5.74, 6) is -0.364. The molecular formula is C20H25NO6S2. The van der Waals surface area contributed by atoms with E-state index in [1.165, 1.54) is 18.2 Å². The molecule has 0 saturated carbocycles. The number of benzene rings is 2. The van der Waals surface area contributed by atoms with E-state index in [0.717, 1.165) is 12.0 Å². The van der Waals surface area contributed by atoms with E-state index >= 15 is 0 Å². The number of nitrogens with one attached hydrogen (secondary N) is 1. The van der Waals surface area contributed by atoms with Crippen LogP contribution in [0, 0.1) is 0 Å². The van der Waals surface area contributed by atoms with E-state index in [-0.39, 0.29) is 16.4 Å². The molecule has 2 atom stereocenters. The number of hydrogen-bond acceptors (Lipinski definition) is 6. The average molecular weight is 440 g/mol. The topological polar surface area (TPSA) is 110 Å². The Hall–Kier alpha value is -1.94. The van der Waals surface area contributed by atoms with E-state index in [0.29, 0.717) is 18.4 Å². The van der Waals surface area contributed by atoms with E-state index in [1.807, 2.05) is 44.2 Å². The van der Waals surface area contributed by atoms with Crippen molar-refractivity contribution in [3.05, 3.63) is 59.7 Å². The maximum Gasteiger partial charge on any atom is 0.446 e. The van der Waals surface area contributed by atoms with Gasteiger partial charge in [0, 0.05) is 11.6 Å². The first-order valence-electron chi connectivity index (χ1n) is 9.45. The second kappa shape index (κ2) is 8.06. The minimum atomic E-state index is -4.76. The van der Waals surface area contributed by atoms with Gasteiger partial charge in [0.25, 0.3) is 0 Å². The van der Waals surface area contributed by atoms with Gasteiger partial charge < -0.3 is 4.18 Å². The third kappa shape index (κ3) is 4.80. The molecule has 0 spiro atoms. The zero-order valence-electron chi connectivity index (χ0n) is 16.3. The molecule has 0 amide bonds. The Morgan fingerprint density at radius 2 is 1.86 bits per heavy atom. The van der Waals surface area contributed by atoms with Crippen LogP contribution >= 0.6 is 0 Å². The molecule has 0 aliphatic carbocycles. The Labute approximate surface area is 172 Å². The van der Waals surface area contributed by atoms with E-state index in [9.17, 15) is 16.8 Å². The quantitative estimate of drug-likeness (QED) is 0.665. The number of rotatable bonds is 6. The molecule has 7 nitrogen and oxygen atoms in total. The first kappa shape index (κ1) is 21.8. The zero-order chi connectivity index (χ0) is 21.3. The summed E-state index contributed by atoms with van der Waals surface area (Å²) in [4.78, 5) is 0.00595. The smallest absolute Gasteiger partial charge is 0.362 e. The third-order valence-electron chi connectivity index (χ3n) is 5.29. The van der Waals surface area contributed by atoms with E-state index < -0.39 is 31.8 Å². The number of fused-ring (bicyclic) bond motifs is 1. The second-order valence-corrected chi connectivity index (χ2v) is 10.3. The minimum absolute atomic E-state index is 0.00595. The highest BCUT2D eigenvalue weighted by molar-refractivity contribution is 7.91. The van der Waals surface area contributed by atoms with Crippen LogP contribution in [0.15, 0.2) is 53.4 Å². The Kier molecular flexibility index (Phi) is 6.05.